The Bertz CT molecular complexity index is 555. The van der Waals surface area contributed by atoms with Crippen LogP contribution >= 0.6 is 11.5 Å². The first-order valence-corrected chi connectivity index (χ1v) is 7.22. The smallest absolute Gasteiger partial charge is 0.147 e. The number of nitrogens with two attached hydrogens (primary N) is 1. The van der Waals surface area contributed by atoms with Crippen LogP contribution in [0.4, 0.5) is 10.8 Å². The van der Waals surface area contributed by atoms with Crippen molar-refractivity contribution in [3.63, 3.8) is 0 Å². The molecule has 2 atom stereocenters. The second-order valence-electron chi connectivity index (χ2n) is 4.75. The summed E-state index contributed by atoms with van der Waals surface area (Å²) in [6, 6.07) is 10.5. The summed E-state index contributed by atoms with van der Waals surface area (Å²) in [5.41, 5.74) is 8.11. The van der Waals surface area contributed by atoms with Crippen molar-refractivity contribution in [2.45, 2.75) is 25.5 Å². The van der Waals surface area contributed by atoms with Crippen LogP contribution in [0.25, 0.3) is 11.1 Å². The lowest BCUT2D eigenvalue weighted by Gasteiger charge is -2.17. The average molecular weight is 275 g/mol. The topological polar surface area (TPSA) is 60.2 Å². The van der Waals surface area contributed by atoms with Crippen LogP contribution in [0, 0.1) is 0 Å². The number of anilines is 2. The van der Waals surface area contributed by atoms with E-state index in [0.717, 1.165) is 29.2 Å². The summed E-state index contributed by atoms with van der Waals surface area (Å²) >= 11 is 1.42. The number of nitrogens with zero attached hydrogens (tertiary/aromatic N) is 1. The van der Waals surface area contributed by atoms with Gasteiger partial charge in [-0.25, -0.2) is 0 Å². The molecular formula is C14H17N3OS. The van der Waals surface area contributed by atoms with Crippen LogP contribution in [-0.4, -0.2) is 23.1 Å². The minimum absolute atomic E-state index is 0.229. The Hall–Kier alpha value is -1.59. The van der Waals surface area contributed by atoms with Crippen molar-refractivity contribution in [3.05, 3.63) is 30.3 Å². The van der Waals surface area contributed by atoms with Crippen molar-refractivity contribution in [1.82, 2.24) is 4.37 Å². The zero-order valence-electron chi connectivity index (χ0n) is 10.8. The first-order chi connectivity index (χ1) is 9.25. The van der Waals surface area contributed by atoms with Crippen LogP contribution in [-0.2, 0) is 4.74 Å². The minimum Gasteiger partial charge on any atom is -0.382 e. The van der Waals surface area contributed by atoms with E-state index >= 15 is 0 Å². The highest BCUT2D eigenvalue weighted by Crippen LogP contribution is 2.37. The third-order valence-electron chi connectivity index (χ3n) is 3.47. The van der Waals surface area contributed by atoms with Crippen molar-refractivity contribution < 1.29 is 4.74 Å². The molecule has 0 saturated carbocycles. The van der Waals surface area contributed by atoms with Gasteiger partial charge in [0.15, 0.2) is 0 Å². The SMILES string of the molecule is CC1OCCC1Nc1snc(N)c1-c1ccccc1. The summed E-state index contributed by atoms with van der Waals surface area (Å²) in [5.74, 6) is 0.588. The van der Waals surface area contributed by atoms with Crippen molar-refractivity contribution in [2.75, 3.05) is 17.7 Å². The lowest BCUT2D eigenvalue weighted by molar-refractivity contribution is 0.121. The van der Waals surface area contributed by atoms with Gasteiger partial charge in [-0.1, -0.05) is 30.3 Å². The molecular weight excluding hydrogens is 258 g/mol. The molecule has 2 unspecified atom stereocenters. The van der Waals surface area contributed by atoms with E-state index < -0.39 is 0 Å². The van der Waals surface area contributed by atoms with Crippen molar-refractivity contribution >= 4 is 22.4 Å². The Morgan fingerprint density at radius 2 is 2.16 bits per heavy atom. The molecule has 1 aliphatic heterocycles. The molecule has 2 aromatic rings. The molecule has 0 spiro atoms. The number of nitrogen functional groups attached to an aromatic ring is 1. The van der Waals surface area contributed by atoms with E-state index in [-0.39, 0.29) is 6.10 Å². The third kappa shape index (κ3) is 2.43. The van der Waals surface area contributed by atoms with E-state index in [1.165, 1.54) is 11.5 Å². The summed E-state index contributed by atoms with van der Waals surface area (Å²) in [7, 11) is 0. The summed E-state index contributed by atoms with van der Waals surface area (Å²) in [6.07, 6.45) is 1.25. The Morgan fingerprint density at radius 3 is 2.84 bits per heavy atom. The molecule has 3 rings (SSSR count). The molecule has 1 saturated heterocycles. The first kappa shape index (κ1) is 12.4. The monoisotopic (exact) mass is 275 g/mol. The number of hydrogen-bond acceptors (Lipinski definition) is 5. The van der Waals surface area contributed by atoms with Crippen molar-refractivity contribution in [1.29, 1.82) is 0 Å². The van der Waals surface area contributed by atoms with Crippen LogP contribution in [0.5, 0.6) is 0 Å². The molecule has 1 aliphatic rings. The van der Waals surface area contributed by atoms with Crippen molar-refractivity contribution in [3.8, 4) is 11.1 Å². The van der Waals surface area contributed by atoms with Crippen LogP contribution in [0.3, 0.4) is 0 Å². The van der Waals surface area contributed by atoms with E-state index in [2.05, 4.69) is 28.7 Å². The standard InChI is InChI=1S/C14H17N3OS/c1-9-11(7-8-18-9)16-14-12(13(15)17-19-14)10-5-3-2-4-6-10/h2-6,9,11,16H,7-8H2,1H3,(H2,15,17). The molecule has 4 nitrogen and oxygen atoms in total. The third-order valence-corrected chi connectivity index (χ3v) is 4.27. The fourth-order valence-corrected chi connectivity index (χ4v) is 3.17. The van der Waals surface area contributed by atoms with Gasteiger partial charge in [0.1, 0.15) is 10.8 Å². The normalized spacial score (nSPS) is 22.6. The highest BCUT2D eigenvalue weighted by molar-refractivity contribution is 7.11. The number of hydrogen-bond donors (Lipinski definition) is 2. The van der Waals surface area contributed by atoms with Gasteiger partial charge in [-0.05, 0) is 30.4 Å². The van der Waals surface area contributed by atoms with E-state index in [0.29, 0.717) is 11.9 Å². The van der Waals surface area contributed by atoms with E-state index in [1.807, 2.05) is 18.2 Å². The van der Waals surface area contributed by atoms with Gasteiger partial charge in [0.05, 0.1) is 17.7 Å². The number of ether oxygens (including phenoxy) is 1. The Balaban J connectivity index is 1.91. The van der Waals surface area contributed by atoms with Crippen LogP contribution in [0.15, 0.2) is 30.3 Å². The Kier molecular flexibility index (Phi) is 3.40. The zero-order chi connectivity index (χ0) is 13.2. The Labute approximate surface area is 116 Å². The molecule has 0 amide bonds. The minimum atomic E-state index is 0.229. The van der Waals surface area contributed by atoms with Crippen molar-refractivity contribution in [2.24, 2.45) is 0 Å². The van der Waals surface area contributed by atoms with Crippen LogP contribution < -0.4 is 11.1 Å². The second kappa shape index (κ2) is 5.19. The molecule has 0 aliphatic carbocycles. The van der Waals surface area contributed by atoms with Gasteiger partial charge in [0.25, 0.3) is 0 Å². The molecule has 1 aromatic heterocycles. The number of aromatic nitrogens is 1. The van der Waals surface area contributed by atoms with Gasteiger partial charge in [0, 0.05) is 6.61 Å². The number of rotatable bonds is 3. The van der Waals surface area contributed by atoms with Gasteiger partial charge < -0.3 is 15.8 Å². The molecule has 2 heterocycles. The molecule has 1 aromatic carbocycles. The van der Waals surface area contributed by atoms with E-state index in [9.17, 15) is 0 Å². The highest BCUT2D eigenvalue weighted by atomic mass is 32.1. The summed E-state index contributed by atoms with van der Waals surface area (Å²) in [5, 5.41) is 4.56. The van der Waals surface area contributed by atoms with E-state index in [1.54, 1.807) is 0 Å². The molecule has 1 fully saturated rings. The lowest BCUT2D eigenvalue weighted by Crippen LogP contribution is -2.26. The summed E-state index contributed by atoms with van der Waals surface area (Å²) in [6.45, 7) is 2.91. The predicted molar refractivity (Wildman–Crippen MR) is 79.4 cm³/mol. The first-order valence-electron chi connectivity index (χ1n) is 6.44. The van der Waals surface area contributed by atoms with Gasteiger partial charge in [-0.2, -0.15) is 4.37 Å². The summed E-state index contributed by atoms with van der Waals surface area (Å²) < 4.78 is 9.86. The summed E-state index contributed by atoms with van der Waals surface area (Å²) in [4.78, 5) is 0. The van der Waals surface area contributed by atoms with Gasteiger partial charge in [-0.3, -0.25) is 0 Å². The largest absolute Gasteiger partial charge is 0.382 e. The molecule has 5 heteroatoms. The zero-order valence-corrected chi connectivity index (χ0v) is 11.6. The maximum Gasteiger partial charge on any atom is 0.147 e. The van der Waals surface area contributed by atoms with Gasteiger partial charge in [-0.15, -0.1) is 0 Å². The second-order valence-corrected chi connectivity index (χ2v) is 5.53. The quantitative estimate of drug-likeness (QED) is 0.904. The molecule has 0 radical (unpaired) electrons. The fourth-order valence-electron chi connectivity index (χ4n) is 2.37. The molecule has 3 N–H and O–H groups in total. The maximum absolute atomic E-state index is 6.01. The Morgan fingerprint density at radius 1 is 1.37 bits per heavy atom. The van der Waals surface area contributed by atoms with Gasteiger partial charge >= 0.3 is 0 Å². The van der Waals surface area contributed by atoms with Crippen LogP contribution in [0.1, 0.15) is 13.3 Å². The molecule has 0 bridgehead atoms. The maximum atomic E-state index is 6.01. The molecule has 19 heavy (non-hydrogen) atoms. The molecule has 100 valence electrons. The lowest BCUT2D eigenvalue weighted by atomic mass is 10.1. The van der Waals surface area contributed by atoms with Crippen LogP contribution in [0.2, 0.25) is 0 Å². The predicted octanol–water partition coefficient (Wildman–Crippen LogP) is 2.98. The number of nitrogens with one attached hydrogen (secondary N) is 1. The van der Waals surface area contributed by atoms with Gasteiger partial charge in [0.2, 0.25) is 0 Å². The number of benzene rings is 1. The van der Waals surface area contributed by atoms with E-state index in [4.69, 9.17) is 10.5 Å². The average Bonchev–Trinajstić information content (AvgIpc) is 2.98. The fraction of sp³-hybridized carbons (Fsp3) is 0.357. The highest BCUT2D eigenvalue weighted by Gasteiger charge is 2.26.